The lowest BCUT2D eigenvalue weighted by molar-refractivity contribution is -0.119. The van der Waals surface area contributed by atoms with E-state index >= 15 is 0 Å². The van der Waals surface area contributed by atoms with Crippen molar-refractivity contribution in [2.24, 2.45) is 7.05 Å². The van der Waals surface area contributed by atoms with Gasteiger partial charge in [-0.15, -0.1) is 11.3 Å². The predicted octanol–water partition coefficient (Wildman–Crippen LogP) is 2.97. The number of carbonyl (C=O) groups is 1. The van der Waals surface area contributed by atoms with E-state index in [-0.39, 0.29) is 11.2 Å². The second-order valence-corrected chi connectivity index (χ2v) is 8.03. The molecule has 3 heterocycles. The first-order valence-corrected chi connectivity index (χ1v) is 10.5. The highest BCUT2D eigenvalue weighted by Gasteiger charge is 2.23. The molecule has 8 nitrogen and oxygen atoms in total. The van der Waals surface area contributed by atoms with Crippen LogP contribution in [0, 0.1) is 6.92 Å². The Hall–Kier alpha value is -3.72. The Morgan fingerprint density at radius 1 is 1.06 bits per heavy atom. The second-order valence-electron chi connectivity index (χ2n) is 7.08. The number of carbonyl (C=O) groups excluding carboxylic acids is 1. The molecule has 1 aromatic carbocycles. The van der Waals surface area contributed by atoms with Crippen molar-refractivity contribution in [2.45, 2.75) is 19.9 Å². The monoisotopic (exact) mass is 435 g/mol. The van der Waals surface area contributed by atoms with Gasteiger partial charge in [-0.05, 0) is 43.5 Å². The molecule has 3 aromatic heterocycles. The molecule has 4 rings (SSSR count). The topological polar surface area (TPSA) is 90.9 Å². The van der Waals surface area contributed by atoms with Gasteiger partial charge in [0.2, 0.25) is 5.91 Å². The van der Waals surface area contributed by atoms with Crippen LogP contribution in [0.25, 0.3) is 16.3 Å². The van der Waals surface area contributed by atoms with Crippen molar-refractivity contribution in [1.82, 2.24) is 19.1 Å². The molecule has 9 heteroatoms. The number of thiophene rings is 1. The normalized spacial score (nSPS) is 12.0. The van der Waals surface area contributed by atoms with Crippen molar-refractivity contribution in [2.75, 3.05) is 5.32 Å². The smallest absolute Gasteiger partial charge is 0.295 e. The quantitative estimate of drug-likeness (QED) is 0.522. The molecular formula is C22H21N5O3S. The first-order valence-electron chi connectivity index (χ1n) is 9.67. The molecule has 0 aliphatic rings. The minimum Gasteiger partial charge on any atom is -0.318 e. The number of hydrogen-bond acceptors (Lipinski definition) is 5. The van der Waals surface area contributed by atoms with Gasteiger partial charge in [0.1, 0.15) is 17.4 Å². The van der Waals surface area contributed by atoms with Gasteiger partial charge in [0, 0.05) is 13.1 Å². The van der Waals surface area contributed by atoms with Crippen LogP contribution in [-0.4, -0.2) is 25.1 Å². The summed E-state index contributed by atoms with van der Waals surface area (Å²) in [6, 6.07) is 15.1. The third-order valence-corrected chi connectivity index (χ3v) is 6.04. The lowest BCUT2D eigenvalue weighted by atomic mass is 10.2. The van der Waals surface area contributed by atoms with Gasteiger partial charge in [0.25, 0.3) is 11.1 Å². The highest BCUT2D eigenvalue weighted by atomic mass is 32.1. The summed E-state index contributed by atoms with van der Waals surface area (Å²) in [6.07, 6.45) is 0. The van der Waals surface area contributed by atoms with Crippen molar-refractivity contribution < 1.29 is 4.79 Å². The number of nitrogens with one attached hydrogen (secondary N) is 1. The summed E-state index contributed by atoms with van der Waals surface area (Å²) in [5.41, 5.74) is 1.33. The Labute approximate surface area is 182 Å². The third kappa shape index (κ3) is 3.75. The Morgan fingerprint density at radius 2 is 1.81 bits per heavy atom. The number of rotatable bonds is 5. The molecule has 0 aliphatic carbocycles. The van der Waals surface area contributed by atoms with Crippen LogP contribution in [0.4, 0.5) is 5.69 Å². The summed E-state index contributed by atoms with van der Waals surface area (Å²) in [4.78, 5) is 39.3. The molecule has 1 amide bonds. The van der Waals surface area contributed by atoms with Crippen LogP contribution >= 0.6 is 11.3 Å². The third-order valence-electron chi connectivity index (χ3n) is 5.15. The van der Waals surface area contributed by atoms with E-state index < -0.39 is 17.5 Å². The van der Waals surface area contributed by atoms with E-state index in [2.05, 4.69) is 10.4 Å². The van der Waals surface area contributed by atoms with Crippen molar-refractivity contribution in [3.8, 4) is 16.3 Å². The number of amides is 1. The average molecular weight is 436 g/mol. The van der Waals surface area contributed by atoms with E-state index in [9.17, 15) is 14.4 Å². The van der Waals surface area contributed by atoms with Crippen LogP contribution in [0.15, 0.2) is 69.6 Å². The second kappa shape index (κ2) is 8.19. The fraction of sp³-hybridized carbons (Fsp3) is 0.182. The molecule has 31 heavy (non-hydrogen) atoms. The Balaban J connectivity index is 1.66. The minimum atomic E-state index is -0.906. The molecule has 1 unspecified atom stereocenters. The summed E-state index contributed by atoms with van der Waals surface area (Å²) in [5, 5.41) is 8.97. The molecule has 0 radical (unpaired) electrons. The molecule has 0 bridgehead atoms. The molecule has 0 aliphatic heterocycles. The van der Waals surface area contributed by atoms with Crippen LogP contribution in [0.5, 0.6) is 0 Å². The molecule has 1 N–H and O–H groups in total. The maximum Gasteiger partial charge on any atom is 0.295 e. The maximum atomic E-state index is 13.0. The van der Waals surface area contributed by atoms with Gasteiger partial charge in [-0.2, -0.15) is 5.10 Å². The number of nitrogens with zero attached hydrogens (tertiary/aromatic N) is 4. The zero-order valence-electron chi connectivity index (χ0n) is 17.3. The zero-order valence-corrected chi connectivity index (χ0v) is 18.1. The minimum absolute atomic E-state index is 0.172. The van der Waals surface area contributed by atoms with Crippen molar-refractivity contribution in [3.63, 3.8) is 0 Å². The fourth-order valence-corrected chi connectivity index (χ4v) is 4.00. The van der Waals surface area contributed by atoms with Gasteiger partial charge in [-0.3, -0.25) is 19.1 Å². The molecule has 1 atom stereocenters. The first kappa shape index (κ1) is 20.5. The summed E-state index contributed by atoms with van der Waals surface area (Å²) in [7, 11) is 1.75. The van der Waals surface area contributed by atoms with E-state index in [0.29, 0.717) is 17.1 Å². The number of benzene rings is 1. The molecule has 0 saturated heterocycles. The lowest BCUT2D eigenvalue weighted by Gasteiger charge is -2.14. The molecule has 158 valence electrons. The Bertz CT molecular complexity index is 1350. The first-order chi connectivity index (χ1) is 14.9. The average Bonchev–Trinajstić information content (AvgIpc) is 3.38. The van der Waals surface area contributed by atoms with E-state index in [1.807, 2.05) is 47.8 Å². The summed E-state index contributed by atoms with van der Waals surface area (Å²) >= 11 is 1.49. The standard InChI is InChI=1S/C22H21N5O3S/c1-14-20(22(30)27(25(14)3)16-8-5-4-6-9-16)23-21(29)15(2)26-19(28)12-11-17(24-26)18-10-7-13-31-18/h4-13,15H,1-3H3,(H,23,29). The molecule has 0 spiro atoms. The molecule has 0 fully saturated rings. The van der Waals surface area contributed by atoms with E-state index in [1.54, 1.807) is 31.6 Å². The van der Waals surface area contributed by atoms with Crippen LogP contribution in [0.3, 0.4) is 0 Å². The SMILES string of the molecule is Cc1c(NC(=O)C(C)n2nc(-c3cccs3)ccc2=O)c(=O)n(-c2ccccc2)n1C. The predicted molar refractivity (Wildman–Crippen MR) is 121 cm³/mol. The van der Waals surface area contributed by atoms with Crippen LogP contribution in [-0.2, 0) is 11.8 Å². The maximum absolute atomic E-state index is 13.0. The molecule has 4 aromatic rings. The van der Waals surface area contributed by atoms with Crippen LogP contribution < -0.4 is 16.4 Å². The number of anilines is 1. The molecule has 0 saturated carbocycles. The highest BCUT2D eigenvalue weighted by molar-refractivity contribution is 7.13. The highest BCUT2D eigenvalue weighted by Crippen LogP contribution is 2.22. The Morgan fingerprint density at radius 3 is 2.48 bits per heavy atom. The van der Waals surface area contributed by atoms with Crippen molar-refractivity contribution >= 4 is 22.9 Å². The van der Waals surface area contributed by atoms with Crippen molar-refractivity contribution in [3.05, 3.63) is 86.4 Å². The fourth-order valence-electron chi connectivity index (χ4n) is 3.31. The number of para-hydroxylation sites is 1. The summed E-state index contributed by atoms with van der Waals surface area (Å²) < 4.78 is 4.30. The van der Waals surface area contributed by atoms with Gasteiger partial charge < -0.3 is 5.32 Å². The van der Waals surface area contributed by atoms with Crippen LogP contribution in [0.1, 0.15) is 18.7 Å². The lowest BCUT2D eigenvalue weighted by Crippen LogP contribution is -2.34. The van der Waals surface area contributed by atoms with Gasteiger partial charge in [-0.25, -0.2) is 9.36 Å². The Kier molecular flexibility index (Phi) is 5.43. The number of aromatic nitrogens is 4. The largest absolute Gasteiger partial charge is 0.318 e. The van der Waals surface area contributed by atoms with Crippen molar-refractivity contribution in [1.29, 1.82) is 0 Å². The number of hydrogen-bond donors (Lipinski definition) is 1. The van der Waals surface area contributed by atoms with Gasteiger partial charge in [-0.1, -0.05) is 24.3 Å². The van der Waals surface area contributed by atoms with Gasteiger partial charge in [0.15, 0.2) is 0 Å². The van der Waals surface area contributed by atoms with Gasteiger partial charge in [0.05, 0.1) is 16.3 Å². The summed E-state index contributed by atoms with van der Waals surface area (Å²) in [6.45, 7) is 3.33. The molecular weight excluding hydrogens is 414 g/mol. The zero-order chi connectivity index (χ0) is 22.1. The van der Waals surface area contributed by atoms with E-state index in [1.165, 1.54) is 22.1 Å². The van der Waals surface area contributed by atoms with E-state index in [0.717, 1.165) is 9.56 Å². The summed E-state index contributed by atoms with van der Waals surface area (Å²) in [5.74, 6) is -0.496. The van der Waals surface area contributed by atoms with Crippen LogP contribution in [0.2, 0.25) is 0 Å². The van der Waals surface area contributed by atoms with Gasteiger partial charge >= 0.3 is 0 Å². The van der Waals surface area contributed by atoms with E-state index in [4.69, 9.17) is 0 Å².